The van der Waals surface area contributed by atoms with Crippen molar-refractivity contribution < 1.29 is 4.39 Å². The van der Waals surface area contributed by atoms with Crippen LogP contribution in [-0.2, 0) is 12.8 Å². The molecular weight excluding hydrogens is 387 g/mol. The third kappa shape index (κ3) is 4.67. The molecule has 2 heterocycles. The molecule has 2 aliphatic heterocycles. The van der Waals surface area contributed by atoms with Gasteiger partial charge in [-0.25, -0.2) is 4.39 Å². The summed E-state index contributed by atoms with van der Waals surface area (Å²) in [5, 5.41) is 12.7. The molecule has 1 aliphatic carbocycles. The zero-order chi connectivity index (χ0) is 21.0. The molecule has 164 valence electrons. The smallest absolute Gasteiger partial charge is 0.123 e. The van der Waals surface area contributed by atoms with Crippen LogP contribution in [-0.4, -0.2) is 30.6 Å². The zero-order valence-electron chi connectivity index (χ0n) is 18.3. The maximum absolute atomic E-state index is 13.1. The van der Waals surface area contributed by atoms with E-state index in [2.05, 4.69) is 32.6 Å². The van der Waals surface area contributed by atoms with Crippen molar-refractivity contribution in [2.75, 3.05) is 25.0 Å². The number of azo groups is 1. The highest BCUT2D eigenvalue weighted by Gasteiger charge is 2.32. The van der Waals surface area contributed by atoms with Gasteiger partial charge >= 0.3 is 0 Å². The largest absolute Gasteiger partial charge is 0.384 e. The highest BCUT2D eigenvalue weighted by molar-refractivity contribution is 5.64. The van der Waals surface area contributed by atoms with E-state index < -0.39 is 0 Å². The SMILES string of the molecule is Fc1ccc(N=Nc2ccc(NC[C@H]3CCCN4CCCC[C@@H]34)c3c2CCCC3)cc1. The number of nitrogens with one attached hydrogen (secondary N) is 1. The van der Waals surface area contributed by atoms with Crippen LogP contribution >= 0.6 is 0 Å². The van der Waals surface area contributed by atoms with Gasteiger partial charge in [0.1, 0.15) is 5.82 Å². The van der Waals surface area contributed by atoms with Crippen molar-refractivity contribution in [3.8, 4) is 0 Å². The van der Waals surface area contributed by atoms with Crippen molar-refractivity contribution in [3.05, 3.63) is 53.3 Å². The lowest BCUT2D eigenvalue weighted by Crippen LogP contribution is -2.49. The molecule has 2 saturated heterocycles. The second-order valence-electron chi connectivity index (χ2n) is 9.36. The second kappa shape index (κ2) is 9.47. The van der Waals surface area contributed by atoms with Crippen LogP contribution in [0.5, 0.6) is 0 Å². The van der Waals surface area contributed by atoms with Crippen LogP contribution in [0.1, 0.15) is 56.1 Å². The van der Waals surface area contributed by atoms with Gasteiger partial charge < -0.3 is 10.2 Å². The number of rotatable bonds is 5. The Morgan fingerprint density at radius 3 is 2.52 bits per heavy atom. The summed E-state index contributed by atoms with van der Waals surface area (Å²) in [4.78, 5) is 2.74. The maximum Gasteiger partial charge on any atom is 0.123 e. The van der Waals surface area contributed by atoms with E-state index in [1.807, 2.05) is 0 Å². The summed E-state index contributed by atoms with van der Waals surface area (Å²) >= 11 is 0. The summed E-state index contributed by atoms with van der Waals surface area (Å²) in [7, 11) is 0. The van der Waals surface area contributed by atoms with E-state index >= 15 is 0 Å². The van der Waals surface area contributed by atoms with Gasteiger partial charge in [0, 0.05) is 18.3 Å². The summed E-state index contributed by atoms with van der Waals surface area (Å²) in [6.45, 7) is 3.67. The lowest BCUT2D eigenvalue weighted by molar-refractivity contribution is 0.0649. The first kappa shape index (κ1) is 20.6. The molecule has 1 N–H and O–H groups in total. The van der Waals surface area contributed by atoms with E-state index in [0.29, 0.717) is 5.69 Å². The number of benzene rings is 2. The fourth-order valence-corrected chi connectivity index (χ4v) is 5.78. The number of anilines is 1. The van der Waals surface area contributed by atoms with Gasteiger partial charge in [-0.2, -0.15) is 10.2 Å². The van der Waals surface area contributed by atoms with Gasteiger partial charge in [-0.1, -0.05) is 6.42 Å². The van der Waals surface area contributed by atoms with Crippen molar-refractivity contribution >= 4 is 17.1 Å². The number of halogens is 1. The summed E-state index contributed by atoms with van der Waals surface area (Å²) in [5.74, 6) is 0.507. The topological polar surface area (TPSA) is 40.0 Å². The normalized spacial score (nSPS) is 24.0. The minimum atomic E-state index is -0.249. The van der Waals surface area contributed by atoms with Crippen molar-refractivity contribution in [3.63, 3.8) is 0 Å². The fraction of sp³-hybridized carbons (Fsp3) is 0.538. The third-order valence-electron chi connectivity index (χ3n) is 7.39. The number of hydrogen-bond acceptors (Lipinski definition) is 4. The van der Waals surface area contributed by atoms with E-state index in [1.165, 1.54) is 87.0 Å². The van der Waals surface area contributed by atoms with Gasteiger partial charge in [-0.05, 0) is 118 Å². The average Bonchev–Trinajstić information content (AvgIpc) is 2.82. The summed E-state index contributed by atoms with van der Waals surface area (Å²) in [5.41, 5.74) is 5.70. The molecule has 0 radical (unpaired) electrons. The molecule has 0 aromatic heterocycles. The summed E-state index contributed by atoms with van der Waals surface area (Å²) < 4.78 is 13.1. The Kier molecular flexibility index (Phi) is 6.30. The summed E-state index contributed by atoms with van der Waals surface area (Å²) in [6.07, 6.45) is 11.4. The maximum atomic E-state index is 13.1. The van der Waals surface area contributed by atoms with E-state index in [1.54, 1.807) is 12.1 Å². The first-order valence-electron chi connectivity index (χ1n) is 12.1. The number of hydrogen-bond donors (Lipinski definition) is 1. The number of nitrogens with zero attached hydrogens (tertiary/aromatic N) is 3. The molecule has 0 amide bonds. The van der Waals surface area contributed by atoms with E-state index in [4.69, 9.17) is 0 Å². The first-order chi connectivity index (χ1) is 15.3. The van der Waals surface area contributed by atoms with E-state index in [0.717, 1.165) is 37.0 Å². The molecule has 2 aromatic carbocycles. The number of piperidine rings is 2. The number of fused-ring (bicyclic) bond motifs is 2. The van der Waals surface area contributed by atoms with Crippen LogP contribution in [0, 0.1) is 11.7 Å². The molecule has 4 nitrogen and oxygen atoms in total. The van der Waals surface area contributed by atoms with Gasteiger partial charge in [0.2, 0.25) is 0 Å². The lowest BCUT2D eigenvalue weighted by Gasteiger charge is -2.44. The molecule has 0 spiro atoms. The Morgan fingerprint density at radius 2 is 1.65 bits per heavy atom. The second-order valence-corrected chi connectivity index (χ2v) is 9.36. The highest BCUT2D eigenvalue weighted by Crippen LogP contribution is 2.37. The minimum Gasteiger partial charge on any atom is -0.384 e. The van der Waals surface area contributed by atoms with E-state index in [-0.39, 0.29) is 5.82 Å². The fourth-order valence-electron chi connectivity index (χ4n) is 5.78. The van der Waals surface area contributed by atoms with Crippen LogP contribution in [0.25, 0.3) is 0 Å². The Morgan fingerprint density at radius 1 is 0.839 bits per heavy atom. The Bertz CT molecular complexity index is 922. The van der Waals surface area contributed by atoms with Crippen molar-refractivity contribution in [2.45, 2.75) is 63.8 Å². The molecule has 5 heteroatoms. The molecule has 2 fully saturated rings. The predicted octanol–water partition coefficient (Wildman–Crippen LogP) is 6.80. The first-order valence-corrected chi connectivity index (χ1v) is 12.1. The summed E-state index contributed by atoms with van der Waals surface area (Å²) in [6, 6.07) is 11.3. The molecule has 0 saturated carbocycles. The molecule has 2 aromatic rings. The van der Waals surface area contributed by atoms with Gasteiger partial charge in [-0.15, -0.1) is 0 Å². The van der Waals surface area contributed by atoms with Crippen molar-refractivity contribution in [1.82, 2.24) is 4.90 Å². The van der Waals surface area contributed by atoms with Crippen LogP contribution in [0.4, 0.5) is 21.5 Å². The molecular formula is C26H33FN4. The third-order valence-corrected chi connectivity index (χ3v) is 7.39. The Hall–Kier alpha value is -2.27. The Labute approximate surface area is 185 Å². The molecule has 2 atom stereocenters. The van der Waals surface area contributed by atoms with Crippen molar-refractivity contribution in [1.29, 1.82) is 0 Å². The van der Waals surface area contributed by atoms with Crippen LogP contribution in [0.15, 0.2) is 46.6 Å². The monoisotopic (exact) mass is 420 g/mol. The lowest BCUT2D eigenvalue weighted by atomic mass is 9.83. The molecule has 3 aliphatic rings. The average molecular weight is 421 g/mol. The molecule has 31 heavy (non-hydrogen) atoms. The van der Waals surface area contributed by atoms with Gasteiger partial charge in [0.25, 0.3) is 0 Å². The van der Waals surface area contributed by atoms with Gasteiger partial charge in [0.05, 0.1) is 11.4 Å². The standard InChI is InChI=1S/C26H33FN4/c27-20-10-12-21(13-11-20)29-30-25-15-14-24(22-7-1-2-8-23(22)25)28-18-19-6-5-17-31-16-4-3-9-26(19)31/h10-15,19,26,28H,1-9,16-18H2/t19-,26+/m1/s1. The molecule has 5 rings (SSSR count). The predicted molar refractivity (Wildman–Crippen MR) is 124 cm³/mol. The van der Waals surface area contributed by atoms with Crippen LogP contribution < -0.4 is 5.32 Å². The Balaban J connectivity index is 1.32. The van der Waals surface area contributed by atoms with Gasteiger partial charge in [-0.3, -0.25) is 0 Å². The quantitative estimate of drug-likeness (QED) is 0.541. The van der Waals surface area contributed by atoms with Crippen LogP contribution in [0.2, 0.25) is 0 Å². The minimum absolute atomic E-state index is 0.249. The highest BCUT2D eigenvalue weighted by atomic mass is 19.1. The van der Waals surface area contributed by atoms with Crippen LogP contribution in [0.3, 0.4) is 0 Å². The molecule has 0 unspecified atom stereocenters. The van der Waals surface area contributed by atoms with Gasteiger partial charge in [0.15, 0.2) is 0 Å². The van der Waals surface area contributed by atoms with E-state index in [9.17, 15) is 4.39 Å². The molecule has 0 bridgehead atoms. The zero-order valence-corrected chi connectivity index (χ0v) is 18.3. The van der Waals surface area contributed by atoms with Crippen molar-refractivity contribution in [2.24, 2.45) is 16.1 Å².